The van der Waals surface area contributed by atoms with Crippen molar-refractivity contribution >= 4 is 5.78 Å². The van der Waals surface area contributed by atoms with Crippen molar-refractivity contribution in [3.05, 3.63) is 58.2 Å². The molecule has 0 aromatic heterocycles. The van der Waals surface area contributed by atoms with Gasteiger partial charge in [-0.15, -0.1) is 0 Å². The zero-order chi connectivity index (χ0) is 23.6. The molecule has 1 heterocycles. The van der Waals surface area contributed by atoms with Crippen LogP contribution < -0.4 is 4.74 Å². The number of ketones is 1. The number of aromatic hydroxyl groups is 5. The van der Waals surface area contributed by atoms with Crippen molar-refractivity contribution in [2.24, 2.45) is 0 Å². The van der Waals surface area contributed by atoms with Crippen molar-refractivity contribution in [1.82, 2.24) is 0 Å². The second-order valence-corrected chi connectivity index (χ2v) is 8.30. The maximum Gasteiger partial charge on any atom is 0.174 e. The highest BCUT2D eigenvalue weighted by Gasteiger charge is 2.35. The van der Waals surface area contributed by atoms with E-state index in [1.54, 1.807) is 0 Å². The average Bonchev–Trinajstić information content (AvgIpc) is 2.66. The fraction of sp³-hybridized carbons (Fsp3) is 0.320. The lowest BCUT2D eigenvalue weighted by Crippen LogP contribution is -2.22. The first kappa shape index (κ1) is 23.1. The maximum absolute atomic E-state index is 12.8. The summed E-state index contributed by atoms with van der Waals surface area (Å²) in [5.41, 5.74) is 2.57. The SMILES string of the molecule is CC(C)=CCCC(C)=CCc1c(O)cc(O)c2c1O[C@H](c1c(O)cc(O)cc1O)CC2=O. The largest absolute Gasteiger partial charge is 0.508 e. The molecule has 0 saturated carbocycles. The molecule has 1 aliphatic rings. The summed E-state index contributed by atoms with van der Waals surface area (Å²) in [6.07, 6.45) is 4.76. The number of Topliss-reactive ketones (excluding diaryl/α,β-unsaturated/α-hetero) is 1. The van der Waals surface area contributed by atoms with Gasteiger partial charge in [-0.1, -0.05) is 23.3 Å². The van der Waals surface area contributed by atoms with Gasteiger partial charge < -0.3 is 30.3 Å². The molecule has 2 aromatic rings. The number of phenols is 5. The molecule has 0 bridgehead atoms. The van der Waals surface area contributed by atoms with Crippen LogP contribution in [0.1, 0.15) is 67.6 Å². The van der Waals surface area contributed by atoms with E-state index in [0.29, 0.717) is 5.56 Å². The highest BCUT2D eigenvalue weighted by atomic mass is 16.5. The summed E-state index contributed by atoms with van der Waals surface area (Å²) in [6, 6.07) is 3.20. The molecule has 2 aromatic carbocycles. The number of hydrogen-bond acceptors (Lipinski definition) is 7. The van der Waals surface area contributed by atoms with Gasteiger partial charge >= 0.3 is 0 Å². The van der Waals surface area contributed by atoms with Gasteiger partial charge in [-0.25, -0.2) is 0 Å². The molecule has 0 saturated heterocycles. The van der Waals surface area contributed by atoms with E-state index in [9.17, 15) is 30.3 Å². The molecule has 32 heavy (non-hydrogen) atoms. The van der Waals surface area contributed by atoms with Crippen molar-refractivity contribution < 1.29 is 35.1 Å². The van der Waals surface area contributed by atoms with Gasteiger partial charge in [0, 0.05) is 23.8 Å². The minimum Gasteiger partial charge on any atom is -0.508 e. The molecule has 0 unspecified atom stereocenters. The van der Waals surface area contributed by atoms with Gasteiger partial charge in [0.25, 0.3) is 0 Å². The van der Waals surface area contributed by atoms with E-state index < -0.39 is 29.1 Å². The van der Waals surface area contributed by atoms with Gasteiger partial charge in [-0.3, -0.25) is 4.79 Å². The first-order valence-electron chi connectivity index (χ1n) is 10.4. The minimum atomic E-state index is -1.06. The van der Waals surface area contributed by atoms with Gasteiger partial charge in [0.15, 0.2) is 5.78 Å². The summed E-state index contributed by atoms with van der Waals surface area (Å²) >= 11 is 0. The van der Waals surface area contributed by atoms with Crippen molar-refractivity contribution in [2.45, 2.75) is 52.6 Å². The second kappa shape index (κ2) is 9.26. The third kappa shape index (κ3) is 4.82. The smallest absolute Gasteiger partial charge is 0.174 e. The number of fused-ring (bicyclic) bond motifs is 1. The van der Waals surface area contributed by atoms with E-state index >= 15 is 0 Å². The Bertz CT molecular complexity index is 1080. The zero-order valence-corrected chi connectivity index (χ0v) is 18.3. The molecule has 7 nitrogen and oxygen atoms in total. The van der Waals surface area contributed by atoms with Crippen molar-refractivity contribution in [1.29, 1.82) is 0 Å². The van der Waals surface area contributed by atoms with Gasteiger partial charge in [0.1, 0.15) is 46.2 Å². The summed E-state index contributed by atoms with van der Waals surface area (Å²) in [5, 5.41) is 50.7. The molecule has 3 rings (SSSR count). The number of rotatable bonds is 6. The zero-order valence-electron chi connectivity index (χ0n) is 18.3. The average molecular weight is 440 g/mol. The predicted molar refractivity (Wildman–Crippen MR) is 120 cm³/mol. The number of allylic oxidation sites excluding steroid dienone is 4. The Morgan fingerprint density at radius 2 is 1.62 bits per heavy atom. The first-order chi connectivity index (χ1) is 15.1. The predicted octanol–water partition coefficient (Wildman–Crippen LogP) is 5.16. The Labute approximate surface area is 186 Å². The van der Waals surface area contributed by atoms with Crippen LogP contribution in [0.3, 0.4) is 0 Å². The van der Waals surface area contributed by atoms with E-state index in [4.69, 9.17) is 4.74 Å². The Kier molecular flexibility index (Phi) is 6.67. The monoisotopic (exact) mass is 440 g/mol. The molecule has 0 fully saturated rings. The van der Waals surface area contributed by atoms with Crippen molar-refractivity contribution in [3.63, 3.8) is 0 Å². The molecule has 0 spiro atoms. The Morgan fingerprint density at radius 3 is 2.25 bits per heavy atom. The van der Waals surface area contributed by atoms with E-state index in [1.165, 1.54) is 5.57 Å². The van der Waals surface area contributed by atoms with Crippen molar-refractivity contribution in [3.8, 4) is 34.5 Å². The molecule has 5 N–H and O–H groups in total. The van der Waals surface area contributed by atoms with Gasteiger partial charge in [-0.05, 0) is 40.0 Å². The van der Waals surface area contributed by atoms with Gasteiger partial charge in [0.05, 0.1) is 12.0 Å². The van der Waals surface area contributed by atoms with Crippen LogP contribution in [0.15, 0.2) is 41.5 Å². The Hall–Kier alpha value is -3.61. The van der Waals surface area contributed by atoms with Crippen LogP contribution in [-0.2, 0) is 6.42 Å². The lowest BCUT2D eigenvalue weighted by molar-refractivity contribution is 0.0836. The maximum atomic E-state index is 12.8. The summed E-state index contributed by atoms with van der Waals surface area (Å²) < 4.78 is 5.95. The summed E-state index contributed by atoms with van der Waals surface area (Å²) in [6.45, 7) is 6.05. The van der Waals surface area contributed by atoms with Gasteiger partial charge in [0.2, 0.25) is 0 Å². The van der Waals surface area contributed by atoms with E-state index in [2.05, 4.69) is 6.08 Å². The molecule has 170 valence electrons. The molecule has 0 radical (unpaired) electrons. The Balaban J connectivity index is 1.98. The third-order valence-corrected chi connectivity index (χ3v) is 5.44. The van der Waals surface area contributed by atoms with Crippen LogP contribution in [-0.4, -0.2) is 31.3 Å². The molecule has 1 aliphatic heterocycles. The molecule has 0 aliphatic carbocycles. The van der Waals surface area contributed by atoms with E-state index in [-0.39, 0.29) is 41.2 Å². The van der Waals surface area contributed by atoms with Gasteiger partial charge in [-0.2, -0.15) is 0 Å². The molecule has 1 atom stereocenters. The fourth-order valence-corrected chi connectivity index (χ4v) is 3.79. The first-order valence-corrected chi connectivity index (χ1v) is 10.4. The van der Waals surface area contributed by atoms with E-state index in [0.717, 1.165) is 36.6 Å². The fourth-order valence-electron chi connectivity index (χ4n) is 3.79. The summed E-state index contributed by atoms with van der Waals surface area (Å²) in [7, 11) is 0. The summed E-state index contributed by atoms with van der Waals surface area (Å²) in [5.74, 6) is -2.24. The second-order valence-electron chi connectivity index (χ2n) is 8.30. The highest BCUT2D eigenvalue weighted by molar-refractivity contribution is 6.03. The quantitative estimate of drug-likeness (QED) is 0.393. The van der Waals surface area contributed by atoms with Crippen molar-refractivity contribution in [2.75, 3.05) is 0 Å². The minimum absolute atomic E-state index is 0.0176. The highest BCUT2D eigenvalue weighted by Crippen LogP contribution is 2.48. The number of carbonyl (C=O) groups excluding carboxylic acids is 1. The molecular weight excluding hydrogens is 412 g/mol. The van der Waals surface area contributed by atoms with Crippen LogP contribution in [0.2, 0.25) is 0 Å². The molecule has 7 heteroatoms. The van der Waals surface area contributed by atoms with Crippen LogP contribution in [0.5, 0.6) is 34.5 Å². The van der Waals surface area contributed by atoms with Crippen LogP contribution in [0.25, 0.3) is 0 Å². The standard InChI is InChI=1S/C25H28O7/c1-13(2)5-4-6-14(3)7-8-16-17(27)11-20(30)24-21(31)12-22(32-25(16)24)23-18(28)9-15(26)10-19(23)29/h5,7,9-11,22,26-30H,4,6,8,12H2,1-3H3/t22-/m0/s1. The van der Waals surface area contributed by atoms with Crippen LogP contribution in [0, 0.1) is 0 Å². The normalized spacial score (nSPS) is 15.8. The number of hydrogen-bond donors (Lipinski definition) is 5. The lowest BCUT2D eigenvalue weighted by atomic mass is 9.91. The number of benzene rings is 2. The topological polar surface area (TPSA) is 127 Å². The summed E-state index contributed by atoms with van der Waals surface area (Å²) in [4.78, 5) is 12.8. The number of ether oxygens (including phenoxy) is 1. The van der Waals surface area contributed by atoms with E-state index in [1.807, 2.05) is 26.8 Å². The number of carbonyl (C=O) groups is 1. The molecular formula is C25H28O7. The lowest BCUT2D eigenvalue weighted by Gasteiger charge is -2.29. The Morgan fingerprint density at radius 1 is 0.969 bits per heavy atom. The third-order valence-electron chi connectivity index (χ3n) is 5.44. The molecule has 0 amide bonds. The number of phenolic OH excluding ortho intramolecular Hbond substituents is 5. The van der Waals surface area contributed by atoms with Crippen LogP contribution in [0.4, 0.5) is 0 Å². The van der Waals surface area contributed by atoms with Crippen LogP contribution >= 0.6 is 0 Å².